The van der Waals surface area contributed by atoms with Gasteiger partial charge in [-0.3, -0.25) is 19.7 Å². The van der Waals surface area contributed by atoms with Crippen LogP contribution in [0.2, 0.25) is 5.02 Å². The van der Waals surface area contributed by atoms with Crippen molar-refractivity contribution in [3.63, 3.8) is 0 Å². The van der Waals surface area contributed by atoms with Crippen LogP contribution in [0.4, 0.5) is 10.1 Å². The molecule has 44 heavy (non-hydrogen) atoms. The molecule has 4 aliphatic rings. The topological polar surface area (TPSA) is 121 Å². The van der Waals surface area contributed by atoms with Crippen molar-refractivity contribution in [1.29, 1.82) is 0 Å². The van der Waals surface area contributed by atoms with Gasteiger partial charge in [-0.2, -0.15) is 0 Å². The number of hydrogen-bond acceptors (Lipinski definition) is 6. The van der Waals surface area contributed by atoms with Gasteiger partial charge >= 0.3 is 0 Å². The van der Waals surface area contributed by atoms with Gasteiger partial charge in [-0.05, 0) is 67.7 Å². The van der Waals surface area contributed by atoms with E-state index >= 15 is 4.39 Å². The molecule has 3 aliphatic heterocycles. The van der Waals surface area contributed by atoms with Crippen LogP contribution in [0.15, 0.2) is 46.8 Å². The normalized spacial score (nSPS) is 30.8. The highest BCUT2D eigenvalue weighted by atomic mass is 35.5. The molecule has 5 rings (SSSR count). The predicted octanol–water partition coefficient (Wildman–Crippen LogP) is 4.89. The number of anilines is 1. The summed E-state index contributed by atoms with van der Waals surface area (Å²) in [6.45, 7) is 8.10. The van der Waals surface area contributed by atoms with E-state index in [9.17, 15) is 14.4 Å². The van der Waals surface area contributed by atoms with E-state index in [2.05, 4.69) is 46.7 Å². The molecule has 0 bridgehead atoms. The summed E-state index contributed by atoms with van der Waals surface area (Å²) in [4.78, 5) is 44.2. The second kappa shape index (κ2) is 12.5. The van der Waals surface area contributed by atoms with E-state index in [1.54, 1.807) is 25.2 Å². The standard InChI is InChI=1S/C32H40Cl2FN5O4/c1-18(33)37-14-9-23(35)26-27(28(42)38-20-6-7-21(44-17-20)16-25(41)36-4)40-31(12-10-30(2,3)11-13-31)32(26)22-8-5-19(34)15-24(22)39-29(32)43/h5,8-9,14-15,20-21,26-27,40H,1,6-7,10-13,16-17H2,2-4H3,(H,36,41)(H,38,42)(H,39,43)/b23-9-,37-14-/t20-,21+,26+,27-,32-/m1/s1. The van der Waals surface area contributed by atoms with E-state index in [1.807, 2.05) is 0 Å². The molecule has 0 radical (unpaired) electrons. The predicted molar refractivity (Wildman–Crippen MR) is 169 cm³/mol. The zero-order valence-corrected chi connectivity index (χ0v) is 26.8. The highest BCUT2D eigenvalue weighted by molar-refractivity contribution is 6.31. The van der Waals surface area contributed by atoms with Crippen LogP contribution in [0, 0.1) is 11.3 Å². The Morgan fingerprint density at radius 2 is 1.95 bits per heavy atom. The van der Waals surface area contributed by atoms with Gasteiger partial charge in [0.1, 0.15) is 16.4 Å². The summed E-state index contributed by atoms with van der Waals surface area (Å²) in [6.07, 6.45) is 6.22. The average molecular weight is 649 g/mol. The first kappa shape index (κ1) is 32.6. The number of aliphatic imine (C=N–C) groups is 1. The van der Waals surface area contributed by atoms with Crippen LogP contribution in [-0.2, 0) is 24.5 Å². The molecule has 3 fully saturated rings. The monoisotopic (exact) mass is 647 g/mol. The second-order valence-corrected chi connectivity index (χ2v) is 14.0. The molecular formula is C32H40Cl2FN5O4. The first-order valence-corrected chi connectivity index (χ1v) is 15.8. The van der Waals surface area contributed by atoms with Gasteiger partial charge in [-0.25, -0.2) is 9.38 Å². The fourth-order valence-electron chi connectivity index (χ4n) is 7.58. The number of carbonyl (C=O) groups excluding carboxylic acids is 3. The molecular weight excluding hydrogens is 608 g/mol. The van der Waals surface area contributed by atoms with Gasteiger partial charge in [0.15, 0.2) is 0 Å². The molecule has 2 saturated heterocycles. The number of carbonyl (C=O) groups is 3. The van der Waals surface area contributed by atoms with Crippen molar-refractivity contribution < 1.29 is 23.5 Å². The minimum atomic E-state index is -1.44. The van der Waals surface area contributed by atoms with Crippen molar-refractivity contribution in [2.24, 2.45) is 16.3 Å². The molecule has 1 aliphatic carbocycles. The van der Waals surface area contributed by atoms with Gasteiger partial charge in [-0.15, -0.1) is 0 Å². The van der Waals surface area contributed by atoms with Gasteiger partial charge in [0, 0.05) is 29.5 Å². The van der Waals surface area contributed by atoms with E-state index in [4.69, 9.17) is 27.9 Å². The molecule has 238 valence electrons. The Hall–Kier alpha value is -2.79. The molecule has 2 spiro atoms. The van der Waals surface area contributed by atoms with Crippen LogP contribution in [0.25, 0.3) is 0 Å². The Labute approximate surface area is 267 Å². The minimum Gasteiger partial charge on any atom is -0.376 e. The number of ether oxygens (including phenoxy) is 1. The van der Waals surface area contributed by atoms with Gasteiger partial charge in [0.25, 0.3) is 0 Å². The van der Waals surface area contributed by atoms with Gasteiger partial charge in [0.2, 0.25) is 17.7 Å². The SMILES string of the molecule is C=C(Cl)/N=C\C=C(/F)[C@H]1[C@H](C(=O)N[C@@H]2CC[C@@H](CC(=O)NC)OC2)NC2(CCC(C)(C)CC2)[C@@]12C(=O)Nc1cc(Cl)ccc12. The van der Waals surface area contributed by atoms with Crippen LogP contribution in [0.1, 0.15) is 64.4 Å². The molecule has 3 heterocycles. The van der Waals surface area contributed by atoms with Crippen LogP contribution < -0.4 is 21.3 Å². The van der Waals surface area contributed by atoms with Gasteiger partial charge in [0.05, 0.1) is 37.1 Å². The Morgan fingerprint density at radius 3 is 2.59 bits per heavy atom. The third-order valence-electron chi connectivity index (χ3n) is 9.89. The van der Waals surface area contributed by atoms with Crippen LogP contribution in [0.3, 0.4) is 0 Å². The Bertz CT molecular complexity index is 1400. The first-order chi connectivity index (χ1) is 20.8. The van der Waals surface area contributed by atoms with Crippen molar-refractivity contribution in [2.75, 3.05) is 19.0 Å². The lowest BCUT2D eigenvalue weighted by Crippen LogP contribution is -2.62. The van der Waals surface area contributed by atoms with E-state index in [0.29, 0.717) is 42.0 Å². The summed E-state index contributed by atoms with van der Waals surface area (Å²) in [5.74, 6) is -2.78. The number of halogens is 3. The maximum absolute atomic E-state index is 16.7. The van der Waals surface area contributed by atoms with Crippen molar-refractivity contribution in [3.8, 4) is 0 Å². The van der Waals surface area contributed by atoms with Crippen LogP contribution >= 0.6 is 23.2 Å². The maximum Gasteiger partial charge on any atom is 0.238 e. The minimum absolute atomic E-state index is 0.0221. The number of nitrogens with one attached hydrogen (secondary N) is 4. The Morgan fingerprint density at radius 1 is 1.23 bits per heavy atom. The van der Waals surface area contributed by atoms with E-state index in [0.717, 1.165) is 18.9 Å². The fourth-order valence-corrected chi connectivity index (χ4v) is 7.81. The molecule has 3 amide bonds. The number of fused-ring (bicyclic) bond motifs is 3. The zero-order chi connectivity index (χ0) is 31.9. The van der Waals surface area contributed by atoms with Crippen molar-refractivity contribution >= 4 is 52.8 Å². The van der Waals surface area contributed by atoms with Crippen molar-refractivity contribution in [1.82, 2.24) is 16.0 Å². The third-order valence-corrected chi connectivity index (χ3v) is 10.2. The zero-order valence-electron chi connectivity index (χ0n) is 25.3. The van der Waals surface area contributed by atoms with Crippen LogP contribution in [-0.4, -0.2) is 61.3 Å². The fraction of sp³-hybridized carbons (Fsp3) is 0.562. The lowest BCUT2D eigenvalue weighted by atomic mass is 9.54. The van der Waals surface area contributed by atoms with E-state index < -0.39 is 34.6 Å². The van der Waals surface area contributed by atoms with Crippen LogP contribution in [0.5, 0.6) is 0 Å². The number of hydrogen-bond donors (Lipinski definition) is 4. The summed E-state index contributed by atoms with van der Waals surface area (Å²) in [5.41, 5.74) is -1.22. The average Bonchev–Trinajstić information content (AvgIpc) is 3.43. The highest BCUT2D eigenvalue weighted by Gasteiger charge is 2.73. The summed E-state index contributed by atoms with van der Waals surface area (Å²) < 4.78 is 22.6. The summed E-state index contributed by atoms with van der Waals surface area (Å²) in [6, 6.07) is 3.72. The molecule has 4 N–H and O–H groups in total. The number of rotatable bonds is 7. The Kier molecular flexibility index (Phi) is 9.29. The lowest BCUT2D eigenvalue weighted by molar-refractivity contribution is -0.129. The molecule has 1 aromatic carbocycles. The maximum atomic E-state index is 16.7. The largest absolute Gasteiger partial charge is 0.376 e. The molecule has 9 nitrogen and oxygen atoms in total. The van der Waals surface area contributed by atoms with Gasteiger partial charge in [-0.1, -0.05) is 49.7 Å². The number of benzene rings is 1. The highest BCUT2D eigenvalue weighted by Crippen LogP contribution is 2.62. The summed E-state index contributed by atoms with van der Waals surface area (Å²) >= 11 is 12.1. The number of allylic oxidation sites excluding steroid dienone is 1. The lowest BCUT2D eigenvalue weighted by Gasteiger charge is -2.50. The third kappa shape index (κ3) is 5.94. The van der Waals surface area contributed by atoms with E-state index in [1.165, 1.54) is 6.21 Å². The molecule has 0 unspecified atom stereocenters. The Balaban J connectivity index is 1.55. The quantitative estimate of drug-likeness (QED) is 0.248. The molecule has 0 aromatic heterocycles. The number of nitrogens with zero attached hydrogens (tertiary/aromatic N) is 1. The summed E-state index contributed by atoms with van der Waals surface area (Å²) in [5, 5.41) is 12.6. The second-order valence-electron chi connectivity index (χ2n) is 13.1. The van der Waals surface area contributed by atoms with E-state index in [-0.39, 0.29) is 47.6 Å². The van der Waals surface area contributed by atoms with Crippen molar-refractivity contribution in [2.45, 2.75) is 87.9 Å². The molecule has 1 aromatic rings. The smallest absolute Gasteiger partial charge is 0.238 e. The molecule has 5 atom stereocenters. The molecule has 1 saturated carbocycles. The first-order valence-electron chi connectivity index (χ1n) is 15.1. The summed E-state index contributed by atoms with van der Waals surface area (Å²) in [7, 11) is 1.58. The van der Waals surface area contributed by atoms with Crippen molar-refractivity contribution in [3.05, 3.63) is 52.4 Å². The molecule has 12 heteroatoms. The van der Waals surface area contributed by atoms with Gasteiger partial charge < -0.3 is 20.7 Å². The number of amides is 3.